The number of likely N-dealkylation sites (N-methyl/N-ethyl adjacent to an activating group) is 1. The molecule has 0 saturated carbocycles. The molecule has 3 rings (SSSR count). The zero-order valence-corrected chi connectivity index (χ0v) is 16.8. The Bertz CT molecular complexity index is 957. The van der Waals surface area contributed by atoms with Crippen molar-refractivity contribution in [1.82, 2.24) is 4.90 Å². The van der Waals surface area contributed by atoms with Gasteiger partial charge in [-0.25, -0.2) is 4.79 Å². The van der Waals surface area contributed by atoms with Crippen molar-refractivity contribution in [2.24, 2.45) is 0 Å². The Morgan fingerprint density at radius 3 is 2.48 bits per heavy atom. The Balaban J connectivity index is 1.82. The minimum Gasteiger partial charge on any atom is -0.493 e. The van der Waals surface area contributed by atoms with Gasteiger partial charge in [0, 0.05) is 12.1 Å². The third-order valence-electron chi connectivity index (χ3n) is 3.75. The molecule has 0 N–H and O–H groups in total. The van der Waals surface area contributed by atoms with E-state index in [1.54, 1.807) is 55.6 Å². The number of rotatable bonds is 4. The van der Waals surface area contributed by atoms with Crippen LogP contribution in [0.4, 0.5) is 0 Å². The summed E-state index contributed by atoms with van der Waals surface area (Å²) in [6, 6.07) is 11.4. The molecule has 2 aromatic rings. The predicted molar refractivity (Wildman–Crippen MR) is 110 cm³/mol. The van der Waals surface area contributed by atoms with Gasteiger partial charge in [-0.15, -0.1) is 0 Å². The number of esters is 1. The highest BCUT2D eigenvalue weighted by Crippen LogP contribution is 2.34. The number of hydrogen-bond acceptors (Lipinski definition) is 6. The summed E-state index contributed by atoms with van der Waals surface area (Å²) >= 11 is 12.2. The Labute approximate surface area is 170 Å². The van der Waals surface area contributed by atoms with E-state index in [-0.39, 0.29) is 11.7 Å². The summed E-state index contributed by atoms with van der Waals surface area (Å²) in [4.78, 5) is 26.3. The molecule has 138 valence electrons. The maximum atomic E-state index is 12.3. The highest BCUT2D eigenvalue weighted by molar-refractivity contribution is 8.26. The van der Waals surface area contributed by atoms with Gasteiger partial charge in [-0.1, -0.05) is 41.6 Å². The van der Waals surface area contributed by atoms with Gasteiger partial charge >= 0.3 is 5.97 Å². The number of hydrogen-bond donors (Lipinski definition) is 0. The molecule has 0 bridgehead atoms. The molecule has 27 heavy (non-hydrogen) atoms. The van der Waals surface area contributed by atoms with E-state index >= 15 is 0 Å². The molecule has 0 aliphatic carbocycles. The summed E-state index contributed by atoms with van der Waals surface area (Å²) in [6.07, 6.45) is 1.72. The first-order chi connectivity index (χ1) is 12.9. The maximum absolute atomic E-state index is 12.3. The van der Waals surface area contributed by atoms with Gasteiger partial charge in [-0.05, 0) is 48.0 Å². The summed E-state index contributed by atoms with van der Waals surface area (Å²) in [5.41, 5.74) is 1.10. The van der Waals surface area contributed by atoms with Crippen LogP contribution in [0, 0.1) is 0 Å². The molecule has 5 nitrogen and oxygen atoms in total. The van der Waals surface area contributed by atoms with Gasteiger partial charge in [0.2, 0.25) is 0 Å². The zero-order valence-electron chi connectivity index (χ0n) is 14.4. The number of thiocarbonyl (C=S) groups is 1. The largest absolute Gasteiger partial charge is 0.493 e. The number of nitrogens with zero attached hydrogens (tertiary/aromatic N) is 1. The Morgan fingerprint density at radius 1 is 1.19 bits per heavy atom. The van der Waals surface area contributed by atoms with Crippen molar-refractivity contribution in [3.05, 3.63) is 63.5 Å². The number of ether oxygens (including phenoxy) is 2. The summed E-state index contributed by atoms with van der Waals surface area (Å²) in [5, 5.41) is 0.533. The number of halogens is 1. The molecule has 1 saturated heterocycles. The second-order valence-corrected chi connectivity index (χ2v) is 7.66. The van der Waals surface area contributed by atoms with Gasteiger partial charge in [0.05, 0.1) is 17.6 Å². The normalized spacial score (nSPS) is 15.4. The number of thioether (sulfide) groups is 1. The molecule has 0 spiro atoms. The van der Waals surface area contributed by atoms with Crippen molar-refractivity contribution in [1.29, 1.82) is 0 Å². The molecule has 1 heterocycles. The minimum atomic E-state index is -0.524. The maximum Gasteiger partial charge on any atom is 0.343 e. The zero-order chi connectivity index (χ0) is 19.6. The number of methoxy groups -OCH3 is 1. The van der Waals surface area contributed by atoms with Crippen molar-refractivity contribution in [2.45, 2.75) is 0 Å². The first-order valence-electron chi connectivity index (χ1n) is 7.76. The van der Waals surface area contributed by atoms with E-state index in [4.69, 9.17) is 33.3 Å². The van der Waals surface area contributed by atoms with Gasteiger partial charge < -0.3 is 9.47 Å². The monoisotopic (exact) mass is 419 g/mol. The first-order valence-corrected chi connectivity index (χ1v) is 9.36. The fourth-order valence-corrected chi connectivity index (χ4v) is 3.61. The third-order valence-corrected chi connectivity index (χ3v) is 5.49. The smallest absolute Gasteiger partial charge is 0.343 e. The van der Waals surface area contributed by atoms with Crippen LogP contribution in [-0.4, -0.2) is 35.3 Å². The van der Waals surface area contributed by atoms with Crippen molar-refractivity contribution >= 4 is 57.9 Å². The second-order valence-electron chi connectivity index (χ2n) is 5.55. The molecular formula is C19H14ClNO4S2. The van der Waals surface area contributed by atoms with Crippen molar-refractivity contribution in [3.63, 3.8) is 0 Å². The van der Waals surface area contributed by atoms with Crippen molar-refractivity contribution in [3.8, 4) is 11.5 Å². The summed E-state index contributed by atoms with van der Waals surface area (Å²) in [6.45, 7) is 0. The number of carbonyl (C=O) groups excluding carboxylic acids is 2. The van der Waals surface area contributed by atoms with Crippen LogP contribution in [0.25, 0.3) is 6.08 Å². The van der Waals surface area contributed by atoms with E-state index in [2.05, 4.69) is 0 Å². The molecule has 0 unspecified atom stereocenters. The molecule has 8 heteroatoms. The molecule has 1 aliphatic heterocycles. The average molecular weight is 420 g/mol. The lowest BCUT2D eigenvalue weighted by Gasteiger charge is -2.10. The summed E-state index contributed by atoms with van der Waals surface area (Å²) in [7, 11) is 3.11. The molecule has 0 radical (unpaired) electrons. The molecule has 1 fully saturated rings. The lowest BCUT2D eigenvalue weighted by atomic mass is 10.1. The molecular weight excluding hydrogens is 406 g/mol. The van der Waals surface area contributed by atoms with Crippen LogP contribution in [0.2, 0.25) is 5.02 Å². The molecule has 0 aromatic heterocycles. The minimum absolute atomic E-state index is 0.151. The SMILES string of the molecule is COc1cc(/C=C2\SC(=S)N(C)C2=O)ccc1OC(=O)c1ccc(Cl)cc1. The predicted octanol–water partition coefficient (Wildman–Crippen LogP) is 4.40. The highest BCUT2D eigenvalue weighted by Gasteiger charge is 2.28. The quantitative estimate of drug-likeness (QED) is 0.317. The van der Waals surface area contributed by atoms with E-state index < -0.39 is 5.97 Å². The molecule has 0 atom stereocenters. The Hall–Kier alpha value is -2.35. The fraction of sp³-hybridized carbons (Fsp3) is 0.105. The second kappa shape index (κ2) is 8.12. The van der Waals surface area contributed by atoms with Crippen LogP contribution in [0.5, 0.6) is 11.5 Å². The summed E-state index contributed by atoms with van der Waals surface area (Å²) < 4.78 is 11.2. The first kappa shape index (κ1) is 19.4. The van der Waals surface area contributed by atoms with E-state index in [1.165, 1.54) is 23.8 Å². The van der Waals surface area contributed by atoms with Gasteiger partial charge in [0.15, 0.2) is 11.5 Å². The van der Waals surface area contributed by atoms with Gasteiger partial charge in [-0.3, -0.25) is 9.69 Å². The van der Waals surface area contributed by atoms with E-state index in [1.807, 2.05) is 0 Å². The number of carbonyl (C=O) groups is 2. The number of benzene rings is 2. The van der Waals surface area contributed by atoms with Gasteiger partial charge in [-0.2, -0.15) is 0 Å². The van der Waals surface area contributed by atoms with Crippen LogP contribution < -0.4 is 9.47 Å². The summed E-state index contributed by atoms with van der Waals surface area (Å²) in [5.74, 6) is -0.0255. The molecule has 1 aliphatic rings. The number of amides is 1. The van der Waals surface area contributed by atoms with Crippen LogP contribution in [0.15, 0.2) is 47.4 Å². The van der Waals surface area contributed by atoms with Crippen LogP contribution in [0.3, 0.4) is 0 Å². The van der Waals surface area contributed by atoms with Crippen LogP contribution >= 0.6 is 35.6 Å². The highest BCUT2D eigenvalue weighted by atomic mass is 35.5. The lowest BCUT2D eigenvalue weighted by molar-refractivity contribution is -0.121. The van der Waals surface area contributed by atoms with Crippen LogP contribution in [0.1, 0.15) is 15.9 Å². The van der Waals surface area contributed by atoms with Crippen LogP contribution in [-0.2, 0) is 4.79 Å². The third kappa shape index (κ3) is 4.32. The van der Waals surface area contributed by atoms with Gasteiger partial charge in [0.1, 0.15) is 4.32 Å². The van der Waals surface area contributed by atoms with Crippen molar-refractivity contribution in [2.75, 3.05) is 14.2 Å². The van der Waals surface area contributed by atoms with Gasteiger partial charge in [0.25, 0.3) is 5.91 Å². The topological polar surface area (TPSA) is 55.8 Å². The Morgan fingerprint density at radius 2 is 1.89 bits per heavy atom. The van der Waals surface area contributed by atoms with Crippen molar-refractivity contribution < 1.29 is 19.1 Å². The Kier molecular flexibility index (Phi) is 5.84. The fourth-order valence-electron chi connectivity index (χ4n) is 2.30. The lowest BCUT2D eigenvalue weighted by Crippen LogP contribution is -2.22. The van der Waals surface area contributed by atoms with E-state index in [0.29, 0.717) is 25.6 Å². The van der Waals surface area contributed by atoms with E-state index in [0.717, 1.165) is 5.56 Å². The average Bonchev–Trinajstić information content (AvgIpc) is 2.90. The molecule has 1 amide bonds. The molecule has 2 aromatic carbocycles. The van der Waals surface area contributed by atoms with E-state index in [9.17, 15) is 9.59 Å². The standard InChI is InChI=1S/C19H14ClNO4S2/c1-21-17(22)16(27-19(21)26)10-11-3-8-14(15(9-11)24-2)25-18(23)12-4-6-13(20)7-5-12/h3-10H,1-2H3/b16-10-.